The molecule has 0 aromatic carbocycles. The second-order valence-corrected chi connectivity index (χ2v) is 6.19. The van der Waals surface area contributed by atoms with Gasteiger partial charge in [0, 0.05) is 31.6 Å². The molecule has 3 rings (SSSR count). The van der Waals surface area contributed by atoms with Crippen molar-refractivity contribution in [2.75, 3.05) is 13.6 Å². The highest BCUT2D eigenvalue weighted by molar-refractivity contribution is 14.0. The lowest BCUT2D eigenvalue weighted by atomic mass is 10.1. The maximum Gasteiger partial charge on any atom is 0.191 e. The summed E-state index contributed by atoms with van der Waals surface area (Å²) in [7, 11) is 1.79. The minimum atomic E-state index is 0. The van der Waals surface area contributed by atoms with Crippen LogP contribution in [-0.2, 0) is 19.4 Å². The normalized spacial score (nSPS) is 17.0. The molecule has 0 spiro atoms. The maximum absolute atomic E-state index is 5.20. The van der Waals surface area contributed by atoms with E-state index in [1.807, 2.05) is 25.5 Å². The summed E-state index contributed by atoms with van der Waals surface area (Å²) in [6.45, 7) is 7.45. The average Bonchev–Trinajstić information content (AvgIpc) is 3.08. The Kier molecular flexibility index (Phi) is 6.79. The SMILES string of the molecule is CN=C(NCCc1c(C)noc1C)NC1CCc2nc(C)nn2C1.I. The van der Waals surface area contributed by atoms with Gasteiger partial charge in [-0.25, -0.2) is 9.67 Å². The van der Waals surface area contributed by atoms with Gasteiger partial charge in [0.25, 0.3) is 0 Å². The van der Waals surface area contributed by atoms with Crippen LogP contribution in [0.15, 0.2) is 9.52 Å². The Balaban J connectivity index is 0.00000225. The topological polar surface area (TPSA) is 93.2 Å². The van der Waals surface area contributed by atoms with Crippen LogP contribution in [-0.4, -0.2) is 45.5 Å². The van der Waals surface area contributed by atoms with E-state index in [2.05, 4.69) is 30.9 Å². The molecular formula is C16H26IN7O. The van der Waals surface area contributed by atoms with Gasteiger partial charge < -0.3 is 15.2 Å². The molecule has 0 saturated carbocycles. The molecule has 2 N–H and O–H groups in total. The van der Waals surface area contributed by atoms with E-state index in [1.165, 1.54) is 5.56 Å². The highest BCUT2D eigenvalue weighted by Crippen LogP contribution is 2.13. The zero-order chi connectivity index (χ0) is 17.1. The van der Waals surface area contributed by atoms with Crippen LogP contribution in [0.5, 0.6) is 0 Å². The number of aryl methyl sites for hydroxylation is 4. The molecule has 0 saturated heterocycles. The van der Waals surface area contributed by atoms with Crippen molar-refractivity contribution in [2.45, 2.75) is 52.6 Å². The van der Waals surface area contributed by atoms with Gasteiger partial charge in [0.1, 0.15) is 17.4 Å². The summed E-state index contributed by atoms with van der Waals surface area (Å²) in [6.07, 6.45) is 2.83. The van der Waals surface area contributed by atoms with E-state index in [9.17, 15) is 0 Å². The minimum absolute atomic E-state index is 0. The lowest BCUT2D eigenvalue weighted by Gasteiger charge is -2.25. The molecule has 1 atom stereocenters. The quantitative estimate of drug-likeness (QED) is 0.410. The second kappa shape index (κ2) is 8.63. The third kappa shape index (κ3) is 4.71. The molecule has 0 fully saturated rings. The maximum atomic E-state index is 5.20. The van der Waals surface area contributed by atoms with E-state index in [0.29, 0.717) is 6.04 Å². The van der Waals surface area contributed by atoms with Crippen molar-refractivity contribution < 1.29 is 4.52 Å². The molecule has 1 unspecified atom stereocenters. The van der Waals surface area contributed by atoms with Gasteiger partial charge in [-0.3, -0.25) is 4.99 Å². The van der Waals surface area contributed by atoms with Crippen molar-refractivity contribution >= 4 is 29.9 Å². The number of nitrogens with zero attached hydrogens (tertiary/aromatic N) is 5. The molecule has 3 heterocycles. The van der Waals surface area contributed by atoms with Crippen LogP contribution in [0.1, 0.15) is 35.1 Å². The summed E-state index contributed by atoms with van der Waals surface area (Å²) in [5, 5.41) is 15.3. The summed E-state index contributed by atoms with van der Waals surface area (Å²) in [4.78, 5) is 8.76. The Hall–Kier alpha value is -1.65. The summed E-state index contributed by atoms with van der Waals surface area (Å²) < 4.78 is 7.19. The predicted molar refractivity (Wildman–Crippen MR) is 106 cm³/mol. The van der Waals surface area contributed by atoms with Crippen molar-refractivity contribution in [3.63, 3.8) is 0 Å². The summed E-state index contributed by atoms with van der Waals surface area (Å²) in [5.74, 6) is 3.62. The summed E-state index contributed by atoms with van der Waals surface area (Å²) in [5.41, 5.74) is 2.12. The predicted octanol–water partition coefficient (Wildman–Crippen LogP) is 1.53. The number of guanidine groups is 1. The molecule has 138 valence electrons. The lowest BCUT2D eigenvalue weighted by molar-refractivity contribution is 0.391. The fourth-order valence-electron chi connectivity index (χ4n) is 3.10. The van der Waals surface area contributed by atoms with E-state index in [-0.39, 0.29) is 24.0 Å². The van der Waals surface area contributed by atoms with Crippen LogP contribution >= 0.6 is 24.0 Å². The number of fused-ring (bicyclic) bond motifs is 1. The van der Waals surface area contributed by atoms with Crippen LogP contribution in [0.4, 0.5) is 0 Å². The van der Waals surface area contributed by atoms with Gasteiger partial charge in [-0.05, 0) is 33.6 Å². The monoisotopic (exact) mass is 459 g/mol. The van der Waals surface area contributed by atoms with Gasteiger partial charge in [-0.15, -0.1) is 24.0 Å². The van der Waals surface area contributed by atoms with Gasteiger partial charge >= 0.3 is 0 Å². The van der Waals surface area contributed by atoms with Crippen molar-refractivity contribution in [3.05, 3.63) is 28.7 Å². The number of rotatable bonds is 4. The molecule has 0 radical (unpaired) electrons. The van der Waals surface area contributed by atoms with Gasteiger partial charge in [0.2, 0.25) is 0 Å². The first-order chi connectivity index (χ1) is 11.6. The zero-order valence-electron chi connectivity index (χ0n) is 15.2. The molecule has 1 aliphatic rings. The van der Waals surface area contributed by atoms with Gasteiger partial charge in [0.15, 0.2) is 5.96 Å². The fraction of sp³-hybridized carbons (Fsp3) is 0.625. The molecule has 0 aliphatic carbocycles. The average molecular weight is 459 g/mol. The second-order valence-electron chi connectivity index (χ2n) is 6.19. The molecule has 9 heteroatoms. The number of hydrogen-bond donors (Lipinski definition) is 2. The Morgan fingerprint density at radius 2 is 2.16 bits per heavy atom. The van der Waals surface area contributed by atoms with Crippen molar-refractivity contribution in [2.24, 2.45) is 4.99 Å². The minimum Gasteiger partial charge on any atom is -0.361 e. The molecule has 0 bridgehead atoms. The van der Waals surface area contributed by atoms with Crippen molar-refractivity contribution in [1.82, 2.24) is 30.6 Å². The smallest absolute Gasteiger partial charge is 0.191 e. The van der Waals surface area contributed by atoms with Gasteiger partial charge in [-0.1, -0.05) is 5.16 Å². The highest BCUT2D eigenvalue weighted by atomic mass is 127. The molecule has 8 nitrogen and oxygen atoms in total. The third-order valence-corrected chi connectivity index (χ3v) is 4.38. The Labute approximate surface area is 164 Å². The third-order valence-electron chi connectivity index (χ3n) is 4.38. The Bertz CT molecular complexity index is 717. The standard InChI is InChI=1S/C16H25N7O.HI/c1-10-14(11(2)24-22-10)7-8-18-16(17-4)20-13-5-6-15-19-12(3)21-23(15)9-13;/h13H,5-9H2,1-4H3,(H2,17,18,20);1H. The Morgan fingerprint density at radius 3 is 2.84 bits per heavy atom. The molecular weight excluding hydrogens is 433 g/mol. The zero-order valence-corrected chi connectivity index (χ0v) is 17.5. The fourth-order valence-corrected chi connectivity index (χ4v) is 3.10. The van der Waals surface area contributed by atoms with E-state index < -0.39 is 0 Å². The molecule has 2 aromatic heterocycles. The summed E-state index contributed by atoms with van der Waals surface area (Å²) in [6, 6.07) is 0.309. The van der Waals surface area contributed by atoms with E-state index in [1.54, 1.807) is 7.05 Å². The number of aromatic nitrogens is 4. The van der Waals surface area contributed by atoms with Crippen LogP contribution in [0, 0.1) is 20.8 Å². The molecule has 25 heavy (non-hydrogen) atoms. The van der Waals surface area contributed by atoms with Gasteiger partial charge in [0.05, 0.1) is 12.2 Å². The van der Waals surface area contributed by atoms with Gasteiger partial charge in [-0.2, -0.15) is 5.10 Å². The number of halogens is 1. The Morgan fingerprint density at radius 1 is 1.36 bits per heavy atom. The van der Waals surface area contributed by atoms with Crippen molar-refractivity contribution in [3.8, 4) is 0 Å². The first-order valence-electron chi connectivity index (χ1n) is 8.36. The van der Waals surface area contributed by atoms with E-state index >= 15 is 0 Å². The number of nitrogens with one attached hydrogen (secondary N) is 2. The highest BCUT2D eigenvalue weighted by Gasteiger charge is 2.21. The number of hydrogen-bond acceptors (Lipinski definition) is 5. The van der Waals surface area contributed by atoms with Crippen molar-refractivity contribution in [1.29, 1.82) is 0 Å². The van der Waals surface area contributed by atoms with Crippen LogP contribution in [0.2, 0.25) is 0 Å². The van der Waals surface area contributed by atoms with Crippen LogP contribution in [0.3, 0.4) is 0 Å². The number of aliphatic imine (C=N–C) groups is 1. The first kappa shape index (κ1) is 19.7. The van der Waals surface area contributed by atoms with E-state index in [0.717, 1.165) is 61.4 Å². The largest absolute Gasteiger partial charge is 0.361 e. The summed E-state index contributed by atoms with van der Waals surface area (Å²) >= 11 is 0. The first-order valence-corrected chi connectivity index (χ1v) is 8.36. The van der Waals surface area contributed by atoms with Crippen LogP contribution < -0.4 is 10.6 Å². The molecule has 2 aromatic rings. The van der Waals surface area contributed by atoms with E-state index in [4.69, 9.17) is 4.52 Å². The molecule has 1 aliphatic heterocycles. The molecule has 0 amide bonds. The lowest BCUT2D eigenvalue weighted by Crippen LogP contribution is -2.47. The van der Waals surface area contributed by atoms with Crippen LogP contribution in [0.25, 0.3) is 0 Å².